The quantitative estimate of drug-likeness (QED) is 0.0931. The van der Waals surface area contributed by atoms with Crippen molar-refractivity contribution in [3.63, 3.8) is 0 Å². The lowest BCUT2D eigenvalue weighted by Crippen LogP contribution is -2.60. The summed E-state index contributed by atoms with van der Waals surface area (Å²) < 4.78 is 2.47. The van der Waals surface area contributed by atoms with Crippen LogP contribution in [0.4, 0.5) is 17.1 Å². The molecule has 17 rings (SSSR count). The van der Waals surface area contributed by atoms with Gasteiger partial charge in [0.2, 0.25) is 6.71 Å². The van der Waals surface area contributed by atoms with Crippen LogP contribution in [0.2, 0.25) is 0 Å². The Kier molecular flexibility index (Phi) is 11.8. The highest BCUT2D eigenvalue weighted by Gasteiger charge is 2.44. The molecule has 2 aliphatic rings. The first-order valence-corrected chi connectivity index (χ1v) is 31.8. The van der Waals surface area contributed by atoms with Crippen LogP contribution in [-0.4, -0.2) is 11.3 Å². The van der Waals surface area contributed by atoms with E-state index in [1.54, 1.807) is 0 Å². The van der Waals surface area contributed by atoms with E-state index in [4.69, 9.17) is 0 Å². The predicted molar refractivity (Wildman–Crippen MR) is 380 cm³/mol. The van der Waals surface area contributed by atoms with Gasteiger partial charge in [-0.1, -0.05) is 271 Å². The van der Waals surface area contributed by atoms with Crippen LogP contribution in [0.5, 0.6) is 0 Å². The molecule has 14 aromatic carbocycles. The third kappa shape index (κ3) is 8.12. The van der Waals surface area contributed by atoms with Gasteiger partial charge in [0.1, 0.15) is 0 Å². The molecule has 2 aliphatic heterocycles. The Bertz CT molecular complexity index is 5220. The monoisotopic (exact) mass is 1140 g/mol. The molecule has 3 heterocycles. The van der Waals surface area contributed by atoms with Crippen LogP contribution in [0, 0.1) is 0 Å². The fourth-order valence-corrected chi connectivity index (χ4v) is 16.1. The first kappa shape index (κ1) is 52.5. The maximum atomic E-state index is 2.72. The molecular weight excluding hydrogens is 1080 g/mol. The zero-order valence-electron chi connectivity index (χ0n) is 50.4. The number of nitrogens with zero attached hydrogens (tertiary/aromatic N) is 2. The molecule has 88 heavy (non-hydrogen) atoms. The van der Waals surface area contributed by atoms with Gasteiger partial charge in [-0.2, -0.15) is 0 Å². The second-order valence-corrected chi connectivity index (χ2v) is 27.4. The Morgan fingerprint density at radius 3 is 1.41 bits per heavy atom. The number of benzene rings is 14. The molecule has 0 aliphatic carbocycles. The maximum Gasteiger partial charge on any atom is 0.249 e. The van der Waals surface area contributed by atoms with Crippen LogP contribution in [0.1, 0.15) is 52.7 Å². The van der Waals surface area contributed by atoms with E-state index >= 15 is 0 Å². The molecule has 0 N–H and O–H groups in total. The fourth-order valence-electron chi connectivity index (χ4n) is 14.9. The van der Waals surface area contributed by atoms with Gasteiger partial charge in [0.25, 0.3) is 0 Å². The average molecular weight is 1140 g/mol. The van der Waals surface area contributed by atoms with E-state index in [1.165, 1.54) is 169 Å². The van der Waals surface area contributed by atoms with Gasteiger partial charge < -0.3 is 9.47 Å². The lowest BCUT2D eigenvalue weighted by Gasteiger charge is -2.43. The molecule has 0 bridgehead atoms. The third-order valence-electron chi connectivity index (χ3n) is 19.1. The van der Waals surface area contributed by atoms with E-state index in [0.717, 1.165) is 0 Å². The summed E-state index contributed by atoms with van der Waals surface area (Å²) in [4.78, 5) is 5.32. The lowest BCUT2D eigenvalue weighted by molar-refractivity contribution is 0.589. The number of aromatic nitrogens is 1. The first-order chi connectivity index (χ1) is 42.9. The summed E-state index contributed by atoms with van der Waals surface area (Å²) in [5, 5.41) is 12.5. The van der Waals surface area contributed by atoms with Gasteiger partial charge in [-0.3, -0.25) is 0 Å². The predicted octanol–water partition coefficient (Wildman–Crippen LogP) is 21.4. The number of fused-ring (bicyclic) bond motifs is 12. The van der Waals surface area contributed by atoms with Crippen LogP contribution in [0.3, 0.4) is 0 Å². The van der Waals surface area contributed by atoms with E-state index in [1.807, 2.05) is 11.8 Å². The van der Waals surface area contributed by atoms with Gasteiger partial charge in [-0.05, 0) is 170 Å². The summed E-state index contributed by atoms with van der Waals surface area (Å²) >= 11 is 1.94. The van der Waals surface area contributed by atoms with Crippen LogP contribution in [-0.2, 0) is 10.8 Å². The molecular formula is C84H63BN2S. The van der Waals surface area contributed by atoms with Gasteiger partial charge in [0, 0.05) is 48.8 Å². The van der Waals surface area contributed by atoms with E-state index in [9.17, 15) is 0 Å². The molecule has 418 valence electrons. The largest absolute Gasteiger partial charge is 0.310 e. The van der Waals surface area contributed by atoms with Crippen molar-refractivity contribution in [2.75, 3.05) is 4.90 Å². The molecule has 0 fully saturated rings. The molecule has 0 saturated carbocycles. The molecule has 1 aromatic heterocycles. The van der Waals surface area contributed by atoms with Gasteiger partial charge in [0.05, 0.1) is 16.7 Å². The third-order valence-corrected chi connectivity index (χ3v) is 20.2. The minimum Gasteiger partial charge on any atom is -0.310 e. The summed E-state index contributed by atoms with van der Waals surface area (Å²) in [6, 6.07) is 104. The van der Waals surface area contributed by atoms with Crippen molar-refractivity contribution in [2.24, 2.45) is 0 Å². The Labute approximate surface area is 519 Å². The Morgan fingerprint density at radius 2 is 0.818 bits per heavy atom. The molecule has 2 nitrogen and oxygen atoms in total. The molecule has 0 spiro atoms. The van der Waals surface area contributed by atoms with Crippen molar-refractivity contribution >= 4 is 117 Å². The van der Waals surface area contributed by atoms with Crippen molar-refractivity contribution in [1.82, 2.24) is 4.57 Å². The van der Waals surface area contributed by atoms with Gasteiger partial charge >= 0.3 is 0 Å². The smallest absolute Gasteiger partial charge is 0.249 e. The summed E-state index contributed by atoms with van der Waals surface area (Å²) in [6.07, 6.45) is 0. The van der Waals surface area contributed by atoms with Gasteiger partial charge in [0.15, 0.2) is 0 Å². The van der Waals surface area contributed by atoms with Crippen LogP contribution in [0.25, 0.3) is 115 Å². The van der Waals surface area contributed by atoms with Crippen molar-refractivity contribution in [3.05, 3.63) is 284 Å². The number of anilines is 3. The molecule has 15 aromatic rings. The van der Waals surface area contributed by atoms with Crippen molar-refractivity contribution in [3.8, 4) is 50.2 Å². The van der Waals surface area contributed by atoms with Crippen molar-refractivity contribution in [2.45, 2.75) is 62.2 Å². The number of hydrogen-bond donors (Lipinski definition) is 0. The van der Waals surface area contributed by atoms with Gasteiger partial charge in [-0.25, -0.2) is 0 Å². The van der Waals surface area contributed by atoms with E-state index in [2.05, 4.69) is 324 Å². The molecule has 0 atom stereocenters. The second-order valence-electron chi connectivity index (χ2n) is 26.3. The first-order valence-electron chi connectivity index (χ1n) is 31.0. The highest BCUT2D eigenvalue weighted by Crippen LogP contribution is 2.54. The summed E-state index contributed by atoms with van der Waals surface area (Å²) in [5.41, 5.74) is 23.2. The average Bonchev–Trinajstić information content (AvgIpc) is 0.826. The number of hydrogen-bond acceptors (Lipinski definition) is 2. The van der Waals surface area contributed by atoms with Crippen LogP contribution in [0.15, 0.2) is 283 Å². The zero-order valence-corrected chi connectivity index (χ0v) is 51.2. The number of para-hydroxylation sites is 2. The summed E-state index contributed by atoms with van der Waals surface area (Å²) in [6.45, 7) is 14.1. The highest BCUT2D eigenvalue weighted by molar-refractivity contribution is 8.00. The molecule has 0 unspecified atom stereocenters. The number of rotatable bonds is 6. The topological polar surface area (TPSA) is 8.17 Å². The molecule has 4 heteroatoms. The maximum absolute atomic E-state index is 2.72. The zero-order chi connectivity index (χ0) is 59.2. The molecule has 0 radical (unpaired) electrons. The normalized spacial score (nSPS) is 13.0. The minimum atomic E-state index is -0.170. The van der Waals surface area contributed by atoms with Crippen molar-refractivity contribution < 1.29 is 0 Å². The van der Waals surface area contributed by atoms with E-state index in [0.29, 0.717) is 0 Å². The lowest BCUT2D eigenvalue weighted by atomic mass is 9.34. The SMILES string of the molecule is CC(C)(C)c1cc(-c2ccccc2)c(N2c3cc(-c4c5ccccc5c(-c5cc6ccccc6c6ccccc56)c5ccccc45)ccc3B3c4ccc(-n5c6ccccc6c6ccccc65)cc4Sc4cc(C(C)(C)C)cc2c43)c(-c2ccccc2)c1. The fraction of sp³-hybridized carbons (Fsp3) is 0.0952. The van der Waals surface area contributed by atoms with E-state index in [-0.39, 0.29) is 17.5 Å². The standard InChI is InChI=1S/C84H63BN2S/c1-83(2,3)56-47-68(52-25-9-7-10-26-52)82(69(48-56)53-27-11-8-12-28-53)87-75-46-55(79-64-35-17-19-37-66(64)80(67-38-20-18-36-65(67)79)70-45-54-29-13-14-30-59(54)60-31-15-16-32-61(60)70)41-43-71(75)85-72-44-42-58(86-73-39-23-21-33-62(73)63-34-22-24-40-74(63)86)51-77(72)88-78-50-57(84(4,5)6)49-76(87)81(78)85/h7-51H,1-6H3. The second kappa shape index (κ2) is 19.8. The molecule has 0 saturated heterocycles. The van der Waals surface area contributed by atoms with Crippen LogP contribution < -0.4 is 21.3 Å². The minimum absolute atomic E-state index is 0.0611. The highest BCUT2D eigenvalue weighted by atomic mass is 32.2. The summed E-state index contributed by atoms with van der Waals surface area (Å²) in [7, 11) is 0. The Balaban J connectivity index is 0.985. The van der Waals surface area contributed by atoms with E-state index < -0.39 is 0 Å². The molecule has 0 amide bonds. The Morgan fingerprint density at radius 1 is 0.330 bits per heavy atom. The Hall–Kier alpha value is -9.87. The summed E-state index contributed by atoms with van der Waals surface area (Å²) in [5.74, 6) is 0. The van der Waals surface area contributed by atoms with Crippen molar-refractivity contribution in [1.29, 1.82) is 0 Å². The van der Waals surface area contributed by atoms with Gasteiger partial charge in [-0.15, -0.1) is 0 Å². The van der Waals surface area contributed by atoms with Crippen LogP contribution >= 0.6 is 11.8 Å².